The Morgan fingerprint density at radius 2 is 2.18 bits per heavy atom. The summed E-state index contributed by atoms with van der Waals surface area (Å²) in [4.78, 5) is 13.1. The number of amides is 1. The summed E-state index contributed by atoms with van der Waals surface area (Å²) in [5, 5.41) is 8.93. The third-order valence-corrected chi connectivity index (χ3v) is 2.59. The molecule has 0 aromatic heterocycles. The number of anilines is 1. The smallest absolute Gasteiger partial charge is 0.260 e. The molecule has 1 rings (SSSR count). The Bertz CT molecular complexity index is 382. The number of nitrogen functional groups attached to an aromatic ring is 1. The summed E-state index contributed by atoms with van der Waals surface area (Å²) in [5.74, 6) is 0.292. The quantitative estimate of drug-likeness (QED) is 0.732. The second-order valence-corrected chi connectivity index (χ2v) is 3.86. The number of ether oxygens (including phenoxy) is 1. The first kappa shape index (κ1) is 13.3. The van der Waals surface area contributed by atoms with Crippen LogP contribution >= 0.6 is 0 Å². The number of benzene rings is 1. The normalized spacial score (nSPS) is 11.9. The Morgan fingerprint density at radius 3 is 2.76 bits per heavy atom. The van der Waals surface area contributed by atoms with Gasteiger partial charge in [0, 0.05) is 7.05 Å². The van der Waals surface area contributed by atoms with Crippen LogP contribution in [-0.4, -0.2) is 42.2 Å². The number of likely N-dealkylation sites (N-methyl/N-ethyl adjacent to an activating group) is 1. The molecule has 0 aliphatic rings. The number of rotatable bonds is 5. The second kappa shape index (κ2) is 6.10. The van der Waals surface area contributed by atoms with Crippen molar-refractivity contribution in [1.82, 2.24) is 4.90 Å². The molecule has 3 N–H and O–H groups in total. The molecule has 0 saturated carbocycles. The molecule has 94 valence electrons. The molecule has 5 heteroatoms. The monoisotopic (exact) mass is 238 g/mol. The van der Waals surface area contributed by atoms with Crippen LogP contribution in [0.25, 0.3) is 0 Å². The van der Waals surface area contributed by atoms with Gasteiger partial charge in [-0.1, -0.05) is 12.1 Å². The molecule has 0 fully saturated rings. The number of hydrogen-bond donors (Lipinski definition) is 2. The molecule has 1 amide bonds. The van der Waals surface area contributed by atoms with Crippen molar-refractivity contribution < 1.29 is 14.6 Å². The third-order valence-electron chi connectivity index (χ3n) is 2.59. The summed E-state index contributed by atoms with van der Waals surface area (Å²) >= 11 is 0. The van der Waals surface area contributed by atoms with Gasteiger partial charge in [0.15, 0.2) is 6.61 Å². The van der Waals surface area contributed by atoms with Gasteiger partial charge in [-0.3, -0.25) is 4.79 Å². The Balaban J connectivity index is 2.51. The lowest BCUT2D eigenvalue weighted by Gasteiger charge is -2.23. The van der Waals surface area contributed by atoms with Gasteiger partial charge in [0.1, 0.15) is 5.75 Å². The summed E-state index contributed by atoms with van der Waals surface area (Å²) in [6.07, 6.45) is 0. The van der Waals surface area contributed by atoms with Gasteiger partial charge in [0.25, 0.3) is 5.91 Å². The molecule has 0 bridgehead atoms. The predicted octanol–water partition coefficient (Wildman–Crippen LogP) is 0.487. The number of aliphatic hydroxyl groups excluding tert-OH is 1. The van der Waals surface area contributed by atoms with Gasteiger partial charge in [-0.25, -0.2) is 0 Å². The van der Waals surface area contributed by atoms with E-state index >= 15 is 0 Å². The summed E-state index contributed by atoms with van der Waals surface area (Å²) in [6, 6.07) is 6.78. The minimum absolute atomic E-state index is 0.0737. The average Bonchev–Trinajstić information content (AvgIpc) is 2.35. The van der Waals surface area contributed by atoms with Crippen LogP contribution in [0.5, 0.6) is 5.75 Å². The van der Waals surface area contributed by atoms with Gasteiger partial charge in [-0.05, 0) is 19.1 Å². The Hall–Kier alpha value is -1.75. The number of carbonyl (C=O) groups is 1. The van der Waals surface area contributed by atoms with Gasteiger partial charge in [-0.15, -0.1) is 0 Å². The minimum atomic E-state index is -0.223. The van der Waals surface area contributed by atoms with Crippen molar-refractivity contribution in [2.75, 3.05) is 26.0 Å². The van der Waals surface area contributed by atoms with Crippen molar-refractivity contribution in [2.45, 2.75) is 13.0 Å². The van der Waals surface area contributed by atoms with Crippen LogP contribution in [0.1, 0.15) is 6.92 Å². The summed E-state index contributed by atoms with van der Waals surface area (Å²) in [6.45, 7) is 1.60. The molecule has 0 saturated heterocycles. The van der Waals surface area contributed by atoms with Gasteiger partial charge in [0.2, 0.25) is 0 Å². The van der Waals surface area contributed by atoms with E-state index in [9.17, 15) is 4.79 Å². The fourth-order valence-corrected chi connectivity index (χ4v) is 1.22. The van der Waals surface area contributed by atoms with Crippen LogP contribution in [0.2, 0.25) is 0 Å². The zero-order valence-corrected chi connectivity index (χ0v) is 10.1. The van der Waals surface area contributed by atoms with Crippen molar-refractivity contribution >= 4 is 11.6 Å². The highest BCUT2D eigenvalue weighted by Crippen LogP contribution is 2.19. The molecule has 0 spiro atoms. The number of hydrogen-bond acceptors (Lipinski definition) is 4. The number of nitrogens with two attached hydrogens (primary N) is 1. The van der Waals surface area contributed by atoms with E-state index in [2.05, 4.69) is 0 Å². The Kier molecular flexibility index (Phi) is 4.78. The first-order valence-electron chi connectivity index (χ1n) is 5.40. The van der Waals surface area contributed by atoms with Crippen LogP contribution in [0.15, 0.2) is 24.3 Å². The van der Waals surface area contributed by atoms with E-state index in [-0.39, 0.29) is 25.2 Å². The molecular weight excluding hydrogens is 220 g/mol. The minimum Gasteiger partial charge on any atom is -0.482 e. The first-order valence-corrected chi connectivity index (χ1v) is 5.40. The highest BCUT2D eigenvalue weighted by atomic mass is 16.5. The standard InChI is InChI=1S/C12H18N2O3/c1-9(7-15)14(2)12(16)8-17-11-6-4-3-5-10(11)13/h3-6,9,15H,7-8,13H2,1-2H3. The van der Waals surface area contributed by atoms with Gasteiger partial charge in [0.05, 0.1) is 18.3 Å². The number of nitrogens with zero attached hydrogens (tertiary/aromatic N) is 1. The molecule has 0 aliphatic heterocycles. The van der Waals surface area contributed by atoms with Crippen molar-refractivity contribution in [3.05, 3.63) is 24.3 Å². The van der Waals surface area contributed by atoms with E-state index in [1.807, 2.05) is 0 Å². The van der Waals surface area contributed by atoms with Crippen molar-refractivity contribution in [1.29, 1.82) is 0 Å². The molecule has 1 aromatic carbocycles. The summed E-state index contributed by atoms with van der Waals surface area (Å²) < 4.78 is 5.32. The Labute approximate surface area is 101 Å². The molecule has 0 aliphatic carbocycles. The van der Waals surface area contributed by atoms with Crippen molar-refractivity contribution in [2.24, 2.45) is 0 Å². The molecule has 1 atom stereocenters. The first-order chi connectivity index (χ1) is 8.06. The Morgan fingerprint density at radius 1 is 1.53 bits per heavy atom. The lowest BCUT2D eigenvalue weighted by Crippen LogP contribution is -2.40. The van der Waals surface area contributed by atoms with Crippen LogP contribution in [0.4, 0.5) is 5.69 Å². The van der Waals surface area contributed by atoms with E-state index < -0.39 is 0 Å². The highest BCUT2D eigenvalue weighted by Gasteiger charge is 2.15. The maximum absolute atomic E-state index is 11.7. The van der Waals surface area contributed by atoms with Crippen LogP contribution in [0.3, 0.4) is 0 Å². The zero-order chi connectivity index (χ0) is 12.8. The molecule has 1 aromatic rings. The number of para-hydroxylation sites is 2. The van der Waals surface area contributed by atoms with Crippen molar-refractivity contribution in [3.8, 4) is 5.75 Å². The van der Waals surface area contributed by atoms with Crippen LogP contribution in [0, 0.1) is 0 Å². The maximum Gasteiger partial charge on any atom is 0.260 e. The van der Waals surface area contributed by atoms with Crippen molar-refractivity contribution in [3.63, 3.8) is 0 Å². The summed E-state index contributed by atoms with van der Waals surface area (Å²) in [5.41, 5.74) is 6.18. The average molecular weight is 238 g/mol. The predicted molar refractivity (Wildman–Crippen MR) is 65.7 cm³/mol. The van der Waals surface area contributed by atoms with Crippen LogP contribution < -0.4 is 10.5 Å². The molecular formula is C12H18N2O3. The lowest BCUT2D eigenvalue weighted by atomic mass is 10.3. The molecule has 0 heterocycles. The largest absolute Gasteiger partial charge is 0.482 e. The van der Waals surface area contributed by atoms with E-state index in [1.54, 1.807) is 38.2 Å². The van der Waals surface area contributed by atoms with Gasteiger partial charge in [-0.2, -0.15) is 0 Å². The fraction of sp³-hybridized carbons (Fsp3) is 0.417. The number of carbonyl (C=O) groups excluding carboxylic acids is 1. The fourth-order valence-electron chi connectivity index (χ4n) is 1.22. The van der Waals surface area contributed by atoms with Gasteiger partial charge < -0.3 is 20.5 Å². The zero-order valence-electron chi connectivity index (χ0n) is 10.1. The molecule has 1 unspecified atom stereocenters. The molecule has 17 heavy (non-hydrogen) atoms. The third kappa shape index (κ3) is 3.64. The number of aliphatic hydroxyl groups is 1. The van der Waals surface area contributed by atoms with Crippen LogP contribution in [-0.2, 0) is 4.79 Å². The highest BCUT2D eigenvalue weighted by molar-refractivity contribution is 5.78. The van der Waals surface area contributed by atoms with E-state index in [1.165, 1.54) is 4.90 Å². The second-order valence-electron chi connectivity index (χ2n) is 3.86. The van der Waals surface area contributed by atoms with Gasteiger partial charge >= 0.3 is 0 Å². The van der Waals surface area contributed by atoms with E-state index in [0.717, 1.165) is 0 Å². The lowest BCUT2D eigenvalue weighted by molar-refractivity contribution is -0.134. The summed E-state index contributed by atoms with van der Waals surface area (Å²) in [7, 11) is 1.63. The SMILES string of the molecule is CC(CO)N(C)C(=O)COc1ccccc1N. The van der Waals surface area contributed by atoms with E-state index in [4.69, 9.17) is 15.6 Å². The molecule has 5 nitrogen and oxygen atoms in total. The van der Waals surface area contributed by atoms with E-state index in [0.29, 0.717) is 11.4 Å². The topological polar surface area (TPSA) is 75.8 Å². The molecule has 0 radical (unpaired) electrons. The maximum atomic E-state index is 11.7.